The SMILES string of the molecule is CCOc1ccc(CNC(=O)CN(c2cccc(Cl)c2)S(=O)(=O)c2ccc(C)cc2)cc1OCC. The molecular weight excluding hydrogens is 488 g/mol. The van der Waals surface area contributed by atoms with Crippen molar-refractivity contribution in [1.29, 1.82) is 0 Å². The van der Waals surface area contributed by atoms with Gasteiger partial charge in [0.25, 0.3) is 10.0 Å². The zero-order valence-corrected chi connectivity index (χ0v) is 21.5. The lowest BCUT2D eigenvalue weighted by molar-refractivity contribution is -0.119. The van der Waals surface area contributed by atoms with E-state index < -0.39 is 22.5 Å². The van der Waals surface area contributed by atoms with Crippen LogP contribution in [-0.4, -0.2) is 34.1 Å². The maximum absolute atomic E-state index is 13.5. The van der Waals surface area contributed by atoms with Gasteiger partial charge >= 0.3 is 0 Å². The summed E-state index contributed by atoms with van der Waals surface area (Å²) in [7, 11) is -4.01. The van der Waals surface area contributed by atoms with Crippen molar-refractivity contribution in [3.63, 3.8) is 0 Å². The van der Waals surface area contributed by atoms with E-state index >= 15 is 0 Å². The molecule has 35 heavy (non-hydrogen) atoms. The van der Waals surface area contributed by atoms with Crippen LogP contribution in [0.1, 0.15) is 25.0 Å². The molecule has 0 aliphatic carbocycles. The van der Waals surface area contributed by atoms with Gasteiger partial charge in [0.2, 0.25) is 5.91 Å². The number of nitrogens with zero attached hydrogens (tertiary/aromatic N) is 1. The lowest BCUT2D eigenvalue weighted by Crippen LogP contribution is -2.40. The maximum atomic E-state index is 13.5. The standard InChI is InChI=1S/C26H29ClN2O5S/c1-4-33-24-14-11-20(15-25(24)34-5-2)17-28-26(30)18-29(22-8-6-7-21(27)16-22)35(31,32)23-12-9-19(3)10-13-23/h6-16H,4-5,17-18H2,1-3H3,(H,28,30). The third-order valence-corrected chi connectivity index (χ3v) is 7.11. The van der Waals surface area contributed by atoms with Crippen molar-refractivity contribution in [2.75, 3.05) is 24.1 Å². The summed E-state index contributed by atoms with van der Waals surface area (Å²) in [6, 6.07) is 18.3. The quantitative estimate of drug-likeness (QED) is 0.389. The molecule has 0 spiro atoms. The topological polar surface area (TPSA) is 84.9 Å². The second kappa shape index (κ2) is 12.0. The summed E-state index contributed by atoms with van der Waals surface area (Å²) >= 11 is 6.12. The molecule has 186 valence electrons. The van der Waals surface area contributed by atoms with Gasteiger partial charge in [-0.2, -0.15) is 0 Å². The number of sulfonamides is 1. The Morgan fingerprint density at radius 2 is 1.63 bits per heavy atom. The zero-order valence-electron chi connectivity index (χ0n) is 20.0. The van der Waals surface area contributed by atoms with E-state index in [0.29, 0.717) is 35.4 Å². The van der Waals surface area contributed by atoms with Crippen LogP contribution < -0.4 is 19.1 Å². The minimum absolute atomic E-state index is 0.0868. The van der Waals surface area contributed by atoms with Crippen LogP contribution in [0.4, 0.5) is 5.69 Å². The number of ether oxygens (including phenoxy) is 2. The molecule has 3 rings (SSSR count). The van der Waals surface area contributed by atoms with Crippen molar-refractivity contribution in [1.82, 2.24) is 5.32 Å². The van der Waals surface area contributed by atoms with E-state index in [1.165, 1.54) is 18.2 Å². The molecule has 0 aliphatic rings. The number of carbonyl (C=O) groups is 1. The fourth-order valence-corrected chi connectivity index (χ4v) is 4.97. The molecule has 1 N–H and O–H groups in total. The Morgan fingerprint density at radius 3 is 2.29 bits per heavy atom. The van der Waals surface area contributed by atoms with E-state index in [0.717, 1.165) is 15.4 Å². The van der Waals surface area contributed by atoms with Crippen molar-refractivity contribution >= 4 is 33.2 Å². The Balaban J connectivity index is 1.81. The number of rotatable bonds is 11. The summed E-state index contributed by atoms with van der Waals surface area (Å²) in [5.41, 5.74) is 2.02. The van der Waals surface area contributed by atoms with E-state index in [1.54, 1.807) is 42.5 Å². The second-order valence-corrected chi connectivity index (χ2v) is 10.0. The van der Waals surface area contributed by atoms with Crippen LogP contribution in [0.25, 0.3) is 0 Å². The first-order chi connectivity index (χ1) is 16.7. The first kappa shape index (κ1) is 26.4. The highest BCUT2D eigenvalue weighted by Gasteiger charge is 2.27. The number of anilines is 1. The van der Waals surface area contributed by atoms with Gasteiger partial charge in [0.05, 0.1) is 23.8 Å². The van der Waals surface area contributed by atoms with Crippen LogP contribution in [0.15, 0.2) is 71.6 Å². The monoisotopic (exact) mass is 516 g/mol. The minimum atomic E-state index is -4.01. The van der Waals surface area contributed by atoms with Crippen LogP contribution >= 0.6 is 11.6 Å². The first-order valence-electron chi connectivity index (χ1n) is 11.2. The maximum Gasteiger partial charge on any atom is 0.264 e. The fraction of sp³-hybridized carbons (Fsp3) is 0.269. The van der Waals surface area contributed by atoms with Crippen molar-refractivity contribution in [2.45, 2.75) is 32.2 Å². The number of benzene rings is 3. The average molecular weight is 517 g/mol. The molecule has 0 heterocycles. The molecule has 0 saturated heterocycles. The highest BCUT2D eigenvalue weighted by molar-refractivity contribution is 7.92. The third-order valence-electron chi connectivity index (χ3n) is 5.09. The number of hydrogen-bond acceptors (Lipinski definition) is 5. The van der Waals surface area contributed by atoms with Crippen molar-refractivity contribution in [2.24, 2.45) is 0 Å². The number of carbonyl (C=O) groups excluding carboxylic acids is 1. The van der Waals surface area contributed by atoms with Gasteiger partial charge in [-0.3, -0.25) is 9.10 Å². The highest BCUT2D eigenvalue weighted by atomic mass is 35.5. The van der Waals surface area contributed by atoms with Gasteiger partial charge in [-0.15, -0.1) is 0 Å². The Kier molecular flexibility index (Phi) is 9.01. The van der Waals surface area contributed by atoms with E-state index in [9.17, 15) is 13.2 Å². The third kappa shape index (κ3) is 6.90. The molecule has 0 bridgehead atoms. The van der Waals surface area contributed by atoms with Gasteiger partial charge in [-0.05, 0) is 68.8 Å². The molecule has 0 saturated carbocycles. The summed E-state index contributed by atoms with van der Waals surface area (Å²) in [5.74, 6) is 0.747. The van der Waals surface area contributed by atoms with Gasteiger partial charge in [0, 0.05) is 11.6 Å². The lowest BCUT2D eigenvalue weighted by atomic mass is 10.2. The molecule has 0 aliphatic heterocycles. The molecule has 0 fully saturated rings. The summed E-state index contributed by atoms with van der Waals surface area (Å²) in [6.07, 6.45) is 0. The van der Waals surface area contributed by atoms with Gasteiger partial charge in [-0.1, -0.05) is 41.4 Å². The normalized spacial score (nSPS) is 11.1. The molecule has 1 amide bonds. The average Bonchev–Trinajstić information content (AvgIpc) is 2.83. The summed E-state index contributed by atoms with van der Waals surface area (Å²) in [6.45, 7) is 6.40. The van der Waals surface area contributed by atoms with E-state index in [2.05, 4.69) is 5.32 Å². The molecule has 7 nitrogen and oxygen atoms in total. The smallest absolute Gasteiger partial charge is 0.264 e. The molecule has 9 heteroatoms. The number of halogens is 1. The zero-order chi connectivity index (χ0) is 25.4. The van der Waals surface area contributed by atoms with Gasteiger partial charge in [-0.25, -0.2) is 8.42 Å². The second-order valence-electron chi connectivity index (χ2n) is 7.73. The number of nitrogens with one attached hydrogen (secondary N) is 1. The Labute approximate surface area is 211 Å². The number of hydrogen-bond donors (Lipinski definition) is 1. The molecule has 0 radical (unpaired) electrons. The largest absolute Gasteiger partial charge is 0.490 e. The van der Waals surface area contributed by atoms with Crippen molar-refractivity contribution in [3.8, 4) is 11.5 Å². The summed E-state index contributed by atoms with van der Waals surface area (Å²) in [5, 5.41) is 3.16. The molecule has 3 aromatic rings. The Hall–Kier alpha value is -3.23. The van der Waals surface area contributed by atoms with Crippen molar-refractivity contribution in [3.05, 3.63) is 82.9 Å². The fourth-order valence-electron chi connectivity index (χ4n) is 3.38. The summed E-state index contributed by atoms with van der Waals surface area (Å²) < 4.78 is 39.2. The van der Waals surface area contributed by atoms with Gasteiger partial charge < -0.3 is 14.8 Å². The summed E-state index contributed by atoms with van der Waals surface area (Å²) in [4.78, 5) is 13.0. The molecule has 0 unspecified atom stereocenters. The van der Waals surface area contributed by atoms with E-state index in [4.69, 9.17) is 21.1 Å². The first-order valence-corrected chi connectivity index (χ1v) is 13.1. The number of amides is 1. The van der Waals surface area contributed by atoms with Crippen LogP contribution in [0.5, 0.6) is 11.5 Å². The van der Waals surface area contributed by atoms with Crippen molar-refractivity contribution < 1.29 is 22.7 Å². The van der Waals surface area contributed by atoms with E-state index in [1.807, 2.05) is 26.8 Å². The van der Waals surface area contributed by atoms with Gasteiger partial charge in [0.15, 0.2) is 11.5 Å². The Bertz CT molecular complexity index is 1260. The van der Waals surface area contributed by atoms with Crippen LogP contribution in [0, 0.1) is 6.92 Å². The Morgan fingerprint density at radius 1 is 0.943 bits per heavy atom. The van der Waals surface area contributed by atoms with Crippen LogP contribution in [0.2, 0.25) is 5.02 Å². The van der Waals surface area contributed by atoms with Crippen LogP contribution in [0.3, 0.4) is 0 Å². The molecule has 0 atom stereocenters. The van der Waals surface area contributed by atoms with Gasteiger partial charge in [0.1, 0.15) is 6.54 Å². The van der Waals surface area contributed by atoms with Crippen LogP contribution in [-0.2, 0) is 21.4 Å². The lowest BCUT2D eigenvalue weighted by Gasteiger charge is -2.24. The molecule has 3 aromatic carbocycles. The predicted molar refractivity (Wildman–Crippen MR) is 138 cm³/mol. The molecular formula is C26H29ClN2O5S. The minimum Gasteiger partial charge on any atom is -0.490 e. The predicted octanol–water partition coefficient (Wildman–Crippen LogP) is 4.96. The highest BCUT2D eigenvalue weighted by Crippen LogP contribution is 2.29. The molecule has 0 aromatic heterocycles. The van der Waals surface area contributed by atoms with E-state index in [-0.39, 0.29) is 11.4 Å². The number of aryl methyl sites for hydroxylation is 1.